The third-order valence-electron chi connectivity index (χ3n) is 5.60. The van der Waals surface area contributed by atoms with Crippen LogP contribution in [-0.4, -0.2) is 25.7 Å². The first kappa shape index (κ1) is 21.2. The standard InChI is InChI=1S/C26H27N3OS/c1-4-15-28-19(2)17-22(20(28)3)25(30)18-31-26-27-23-12-8-9-13-24(23)29(26)16-14-21-10-6-5-7-11-21/h4-13,17H,1,14-16,18H2,2-3H3. The molecule has 4 rings (SSSR count). The van der Waals surface area contributed by atoms with E-state index in [1.165, 1.54) is 17.3 Å². The van der Waals surface area contributed by atoms with E-state index < -0.39 is 0 Å². The Kier molecular flexibility index (Phi) is 6.42. The molecule has 0 fully saturated rings. The predicted octanol–water partition coefficient (Wildman–Crippen LogP) is 5.86. The van der Waals surface area contributed by atoms with Crippen molar-refractivity contribution < 1.29 is 4.79 Å². The van der Waals surface area contributed by atoms with E-state index in [0.29, 0.717) is 12.3 Å². The van der Waals surface area contributed by atoms with E-state index >= 15 is 0 Å². The average molecular weight is 430 g/mol. The lowest BCUT2D eigenvalue weighted by Gasteiger charge is -2.09. The number of aromatic nitrogens is 3. The Balaban J connectivity index is 1.55. The van der Waals surface area contributed by atoms with Crippen LogP contribution in [0.15, 0.2) is 78.5 Å². The van der Waals surface area contributed by atoms with Crippen LogP contribution in [0.1, 0.15) is 27.3 Å². The number of carbonyl (C=O) groups is 1. The molecular formula is C26H27N3OS. The Morgan fingerprint density at radius 1 is 1.06 bits per heavy atom. The maximum atomic E-state index is 13.0. The van der Waals surface area contributed by atoms with Crippen molar-refractivity contribution in [3.05, 3.63) is 95.8 Å². The average Bonchev–Trinajstić information content (AvgIpc) is 3.29. The molecule has 0 unspecified atom stereocenters. The van der Waals surface area contributed by atoms with Crippen LogP contribution in [0.3, 0.4) is 0 Å². The van der Waals surface area contributed by atoms with Crippen molar-refractivity contribution in [2.75, 3.05) is 5.75 Å². The van der Waals surface area contributed by atoms with Gasteiger partial charge in [-0.15, -0.1) is 6.58 Å². The highest BCUT2D eigenvalue weighted by molar-refractivity contribution is 7.99. The van der Waals surface area contributed by atoms with Crippen molar-refractivity contribution in [1.29, 1.82) is 0 Å². The molecule has 0 saturated carbocycles. The van der Waals surface area contributed by atoms with Gasteiger partial charge in [0, 0.05) is 30.0 Å². The van der Waals surface area contributed by atoms with Gasteiger partial charge in [-0.1, -0.05) is 60.3 Å². The summed E-state index contributed by atoms with van der Waals surface area (Å²) in [6, 6.07) is 20.6. The van der Waals surface area contributed by atoms with Crippen molar-refractivity contribution in [1.82, 2.24) is 14.1 Å². The molecule has 31 heavy (non-hydrogen) atoms. The van der Waals surface area contributed by atoms with Crippen LogP contribution in [-0.2, 0) is 19.5 Å². The lowest BCUT2D eigenvalue weighted by molar-refractivity contribution is 0.102. The van der Waals surface area contributed by atoms with Crippen LogP contribution < -0.4 is 0 Å². The number of benzene rings is 2. The predicted molar refractivity (Wildman–Crippen MR) is 129 cm³/mol. The van der Waals surface area contributed by atoms with Gasteiger partial charge in [0.2, 0.25) is 0 Å². The summed E-state index contributed by atoms with van der Waals surface area (Å²) in [5.74, 6) is 0.502. The van der Waals surface area contributed by atoms with Gasteiger partial charge in [-0.25, -0.2) is 4.98 Å². The number of carbonyl (C=O) groups excluding carboxylic acids is 1. The first-order valence-corrected chi connectivity index (χ1v) is 11.5. The maximum absolute atomic E-state index is 13.0. The van der Waals surface area contributed by atoms with E-state index in [-0.39, 0.29) is 5.78 Å². The molecule has 4 nitrogen and oxygen atoms in total. The molecule has 0 aliphatic rings. The fourth-order valence-electron chi connectivity index (χ4n) is 3.97. The topological polar surface area (TPSA) is 39.8 Å². The summed E-state index contributed by atoms with van der Waals surface area (Å²) in [7, 11) is 0. The highest BCUT2D eigenvalue weighted by atomic mass is 32.2. The number of nitrogens with zero attached hydrogens (tertiary/aromatic N) is 3. The van der Waals surface area contributed by atoms with Gasteiger partial charge in [-0.2, -0.15) is 0 Å². The number of thioether (sulfide) groups is 1. The van der Waals surface area contributed by atoms with Crippen LogP contribution in [0.5, 0.6) is 0 Å². The van der Waals surface area contributed by atoms with Crippen LogP contribution in [0.4, 0.5) is 0 Å². The molecule has 2 heterocycles. The van der Waals surface area contributed by atoms with Crippen molar-refractivity contribution in [3.63, 3.8) is 0 Å². The second kappa shape index (κ2) is 9.40. The van der Waals surface area contributed by atoms with Crippen LogP contribution >= 0.6 is 11.8 Å². The summed E-state index contributed by atoms with van der Waals surface area (Å²) in [4.78, 5) is 17.8. The molecular weight excluding hydrogens is 402 g/mol. The second-order valence-electron chi connectivity index (χ2n) is 7.67. The molecule has 5 heteroatoms. The number of allylic oxidation sites excluding steroid dienone is 1. The number of imidazole rings is 1. The van der Waals surface area contributed by atoms with Crippen molar-refractivity contribution >= 4 is 28.6 Å². The molecule has 0 amide bonds. The van der Waals surface area contributed by atoms with Gasteiger partial charge in [0.1, 0.15) is 0 Å². The Bertz CT molecular complexity index is 1220. The van der Waals surface area contributed by atoms with Gasteiger partial charge in [-0.05, 0) is 44.0 Å². The molecule has 0 radical (unpaired) electrons. The summed E-state index contributed by atoms with van der Waals surface area (Å²) < 4.78 is 4.36. The van der Waals surface area contributed by atoms with Crippen molar-refractivity contribution in [2.24, 2.45) is 0 Å². The molecule has 0 spiro atoms. The fraction of sp³-hybridized carbons (Fsp3) is 0.231. The minimum absolute atomic E-state index is 0.134. The number of hydrogen-bond acceptors (Lipinski definition) is 3. The smallest absolute Gasteiger partial charge is 0.175 e. The minimum Gasteiger partial charge on any atom is -0.345 e. The first-order chi connectivity index (χ1) is 15.1. The molecule has 0 aliphatic heterocycles. The quantitative estimate of drug-likeness (QED) is 0.190. The zero-order chi connectivity index (χ0) is 21.8. The number of aryl methyl sites for hydroxylation is 3. The minimum atomic E-state index is 0.134. The Morgan fingerprint density at radius 2 is 1.81 bits per heavy atom. The number of Topliss-reactive ketones (excluding diaryl/α,β-unsaturated/α-hetero) is 1. The zero-order valence-electron chi connectivity index (χ0n) is 18.0. The Labute approximate surface area is 187 Å². The summed E-state index contributed by atoms with van der Waals surface area (Å²) in [5.41, 5.74) is 6.24. The third kappa shape index (κ3) is 4.52. The Morgan fingerprint density at radius 3 is 2.58 bits per heavy atom. The van der Waals surface area contributed by atoms with E-state index in [2.05, 4.69) is 46.0 Å². The zero-order valence-corrected chi connectivity index (χ0v) is 18.9. The number of rotatable bonds is 9. The van der Waals surface area contributed by atoms with E-state index in [1.807, 2.05) is 50.3 Å². The molecule has 0 bridgehead atoms. The number of ketones is 1. The van der Waals surface area contributed by atoms with Gasteiger partial charge in [0.15, 0.2) is 10.9 Å². The maximum Gasteiger partial charge on any atom is 0.175 e. The fourth-order valence-corrected chi connectivity index (χ4v) is 4.89. The van der Waals surface area contributed by atoms with Crippen LogP contribution in [0, 0.1) is 13.8 Å². The van der Waals surface area contributed by atoms with E-state index in [4.69, 9.17) is 4.98 Å². The second-order valence-corrected chi connectivity index (χ2v) is 8.61. The van der Waals surface area contributed by atoms with Gasteiger partial charge >= 0.3 is 0 Å². The molecule has 0 atom stereocenters. The molecule has 0 saturated heterocycles. The molecule has 0 aliphatic carbocycles. The Hall–Kier alpha value is -3.05. The van der Waals surface area contributed by atoms with E-state index in [9.17, 15) is 4.79 Å². The van der Waals surface area contributed by atoms with Gasteiger partial charge in [-0.3, -0.25) is 4.79 Å². The summed E-state index contributed by atoms with van der Waals surface area (Å²) in [5, 5.41) is 0.894. The van der Waals surface area contributed by atoms with E-state index in [1.54, 1.807) is 0 Å². The van der Waals surface area contributed by atoms with Crippen molar-refractivity contribution in [2.45, 2.75) is 38.5 Å². The van der Waals surface area contributed by atoms with Gasteiger partial charge < -0.3 is 9.13 Å². The largest absolute Gasteiger partial charge is 0.345 e. The third-order valence-corrected chi connectivity index (χ3v) is 6.58. The molecule has 4 aromatic rings. The monoisotopic (exact) mass is 429 g/mol. The van der Waals surface area contributed by atoms with Gasteiger partial charge in [0.25, 0.3) is 0 Å². The SMILES string of the molecule is C=CCn1c(C)cc(C(=O)CSc2nc3ccccc3n2CCc2ccccc2)c1C. The molecule has 0 N–H and O–H groups in total. The lowest BCUT2D eigenvalue weighted by Crippen LogP contribution is -2.08. The summed E-state index contributed by atoms with van der Waals surface area (Å²) >= 11 is 1.52. The number of para-hydroxylation sites is 2. The first-order valence-electron chi connectivity index (χ1n) is 10.5. The number of hydrogen-bond donors (Lipinski definition) is 0. The van der Waals surface area contributed by atoms with Crippen LogP contribution in [0.2, 0.25) is 0 Å². The van der Waals surface area contributed by atoms with Crippen molar-refractivity contribution in [3.8, 4) is 0 Å². The molecule has 158 valence electrons. The summed E-state index contributed by atoms with van der Waals surface area (Å²) in [6.45, 7) is 9.40. The van der Waals surface area contributed by atoms with Crippen LogP contribution in [0.25, 0.3) is 11.0 Å². The number of fused-ring (bicyclic) bond motifs is 1. The normalized spacial score (nSPS) is 11.2. The highest BCUT2D eigenvalue weighted by Gasteiger charge is 2.18. The van der Waals surface area contributed by atoms with Gasteiger partial charge in [0.05, 0.1) is 16.8 Å². The molecule has 2 aromatic carbocycles. The van der Waals surface area contributed by atoms with E-state index in [0.717, 1.165) is 46.1 Å². The summed E-state index contributed by atoms with van der Waals surface area (Å²) in [6.07, 6.45) is 2.78. The lowest BCUT2D eigenvalue weighted by atomic mass is 10.1. The molecule has 2 aromatic heterocycles. The highest BCUT2D eigenvalue weighted by Crippen LogP contribution is 2.26.